The number of esters is 3. The second-order valence-electron chi connectivity index (χ2n) is 6.32. The molecule has 0 spiro atoms. The highest BCUT2D eigenvalue weighted by molar-refractivity contribution is 14.1. The first-order valence-corrected chi connectivity index (χ1v) is 9.72. The van der Waals surface area contributed by atoms with Crippen molar-refractivity contribution in [3.05, 3.63) is 76.9 Å². The Labute approximate surface area is 188 Å². The normalized spacial score (nSPS) is 9.97. The Morgan fingerprint density at radius 3 is 1.70 bits per heavy atom. The zero-order valence-electron chi connectivity index (χ0n) is 16.5. The molecule has 0 aliphatic heterocycles. The molecule has 0 N–H and O–H groups in total. The van der Waals surface area contributed by atoms with Crippen molar-refractivity contribution in [2.45, 2.75) is 13.8 Å². The van der Waals surface area contributed by atoms with Crippen LogP contribution < -0.4 is 14.2 Å². The van der Waals surface area contributed by atoms with Crippen molar-refractivity contribution in [2.24, 2.45) is 0 Å². The molecule has 0 aromatic heterocycles. The summed E-state index contributed by atoms with van der Waals surface area (Å²) in [6.45, 7) is 13.6. The summed E-state index contributed by atoms with van der Waals surface area (Å²) in [7, 11) is 0. The molecule has 0 fully saturated rings. The molecule has 2 aromatic carbocycles. The molecule has 0 bridgehead atoms. The molecule has 0 saturated heterocycles. The van der Waals surface area contributed by atoms with Crippen LogP contribution in [0.15, 0.2) is 76.9 Å². The summed E-state index contributed by atoms with van der Waals surface area (Å²) in [6.07, 6.45) is 0. The first kappa shape index (κ1) is 23.1. The van der Waals surface area contributed by atoms with E-state index < -0.39 is 17.9 Å². The Hall–Kier alpha value is -3.20. The Morgan fingerprint density at radius 1 is 0.700 bits per heavy atom. The quantitative estimate of drug-likeness (QED) is 0.218. The zero-order valence-corrected chi connectivity index (χ0v) is 18.6. The van der Waals surface area contributed by atoms with Gasteiger partial charge in [-0.25, -0.2) is 14.4 Å². The standard InChI is InChI=1S/C23H19IO6/c1-13(2)21(25)29-19-11-8-17(12-20(19)30-22(26)14(3)4)16-6-9-18(10-7-16)28-23(27)15(5)24/h6-12H,1,3,5H2,2,4H3. The highest BCUT2D eigenvalue weighted by Crippen LogP contribution is 2.34. The number of ether oxygens (including phenoxy) is 3. The van der Waals surface area contributed by atoms with E-state index in [1.807, 2.05) is 0 Å². The SMILES string of the molecule is C=C(C)C(=O)Oc1ccc(-c2ccc(OC(=O)C(=C)I)cc2)cc1OC(=O)C(=C)C. The molecule has 2 aromatic rings. The second-order valence-corrected chi connectivity index (χ2v) is 7.62. The van der Waals surface area contributed by atoms with E-state index in [0.29, 0.717) is 11.3 Å². The number of hydrogen-bond donors (Lipinski definition) is 0. The van der Waals surface area contributed by atoms with Crippen LogP contribution in [0, 0.1) is 0 Å². The van der Waals surface area contributed by atoms with E-state index >= 15 is 0 Å². The summed E-state index contributed by atoms with van der Waals surface area (Å²) >= 11 is 1.79. The van der Waals surface area contributed by atoms with Gasteiger partial charge < -0.3 is 14.2 Å². The maximum atomic E-state index is 12.0. The number of benzene rings is 2. The second kappa shape index (κ2) is 10.0. The third kappa shape index (κ3) is 6.15. The number of rotatable bonds is 7. The minimum absolute atomic E-state index is 0.0619. The van der Waals surface area contributed by atoms with Crippen molar-refractivity contribution >= 4 is 40.5 Å². The van der Waals surface area contributed by atoms with E-state index in [2.05, 4.69) is 19.7 Å². The first-order valence-electron chi connectivity index (χ1n) is 8.65. The lowest BCUT2D eigenvalue weighted by Gasteiger charge is -2.13. The van der Waals surface area contributed by atoms with E-state index in [1.54, 1.807) is 59.0 Å². The van der Waals surface area contributed by atoms with Crippen LogP contribution in [0.25, 0.3) is 11.1 Å². The van der Waals surface area contributed by atoms with E-state index in [0.717, 1.165) is 5.56 Å². The van der Waals surface area contributed by atoms with Crippen LogP contribution in [0.2, 0.25) is 0 Å². The van der Waals surface area contributed by atoms with Gasteiger partial charge >= 0.3 is 17.9 Å². The molecule has 0 atom stereocenters. The van der Waals surface area contributed by atoms with Crippen LogP contribution in [0.3, 0.4) is 0 Å². The lowest BCUT2D eigenvalue weighted by molar-refractivity contribution is -0.132. The van der Waals surface area contributed by atoms with Gasteiger partial charge in [-0.3, -0.25) is 0 Å². The van der Waals surface area contributed by atoms with Crippen LogP contribution >= 0.6 is 22.6 Å². The van der Waals surface area contributed by atoms with E-state index in [9.17, 15) is 14.4 Å². The molecule has 2 rings (SSSR count). The number of halogens is 1. The van der Waals surface area contributed by atoms with Crippen molar-refractivity contribution in [2.75, 3.05) is 0 Å². The van der Waals surface area contributed by atoms with Crippen molar-refractivity contribution in [1.82, 2.24) is 0 Å². The first-order chi connectivity index (χ1) is 14.1. The summed E-state index contributed by atoms with van der Waals surface area (Å²) in [5.41, 5.74) is 1.84. The maximum Gasteiger partial charge on any atom is 0.349 e. The molecular weight excluding hydrogens is 499 g/mol. The highest BCUT2D eigenvalue weighted by Gasteiger charge is 2.16. The van der Waals surface area contributed by atoms with E-state index in [1.165, 1.54) is 19.9 Å². The smallest absolute Gasteiger partial charge is 0.349 e. The van der Waals surface area contributed by atoms with Gasteiger partial charge in [-0.1, -0.05) is 37.9 Å². The molecule has 0 heterocycles. The fraction of sp³-hybridized carbons (Fsp3) is 0.0870. The lowest BCUT2D eigenvalue weighted by Crippen LogP contribution is -2.12. The van der Waals surface area contributed by atoms with Gasteiger partial charge in [0.05, 0.1) is 3.58 Å². The molecule has 6 nitrogen and oxygen atoms in total. The van der Waals surface area contributed by atoms with Crippen LogP contribution in [-0.4, -0.2) is 17.9 Å². The van der Waals surface area contributed by atoms with Gasteiger partial charge in [-0.05, 0) is 71.8 Å². The van der Waals surface area contributed by atoms with Gasteiger partial charge in [0.25, 0.3) is 0 Å². The summed E-state index contributed by atoms with van der Waals surface area (Å²) < 4.78 is 16.0. The van der Waals surface area contributed by atoms with Gasteiger partial charge in [0.15, 0.2) is 11.5 Å². The van der Waals surface area contributed by atoms with Crippen LogP contribution in [0.4, 0.5) is 0 Å². The van der Waals surface area contributed by atoms with Crippen LogP contribution in [-0.2, 0) is 14.4 Å². The molecule has 154 valence electrons. The Morgan fingerprint density at radius 2 is 1.20 bits per heavy atom. The van der Waals surface area contributed by atoms with Crippen LogP contribution in [0.1, 0.15) is 13.8 Å². The van der Waals surface area contributed by atoms with Gasteiger partial charge in [-0.15, -0.1) is 0 Å². The van der Waals surface area contributed by atoms with E-state index in [-0.39, 0.29) is 26.2 Å². The predicted octanol–water partition coefficient (Wildman–Crippen LogP) is 5.17. The zero-order chi connectivity index (χ0) is 22.4. The van der Waals surface area contributed by atoms with Crippen molar-refractivity contribution < 1.29 is 28.6 Å². The van der Waals surface area contributed by atoms with Crippen molar-refractivity contribution in [1.29, 1.82) is 0 Å². The topological polar surface area (TPSA) is 78.9 Å². The van der Waals surface area contributed by atoms with Crippen molar-refractivity contribution in [3.8, 4) is 28.4 Å². The third-order valence-electron chi connectivity index (χ3n) is 3.67. The fourth-order valence-corrected chi connectivity index (χ4v) is 2.21. The summed E-state index contributed by atoms with van der Waals surface area (Å²) in [5.74, 6) is -1.32. The molecular formula is C23H19IO6. The van der Waals surface area contributed by atoms with Gasteiger partial charge in [0.2, 0.25) is 0 Å². The number of carbonyl (C=O) groups excluding carboxylic acids is 3. The highest BCUT2D eigenvalue weighted by atomic mass is 127. The summed E-state index contributed by atoms with van der Waals surface area (Å²) in [6, 6.07) is 11.5. The molecule has 0 unspecified atom stereocenters. The average molecular weight is 518 g/mol. The Balaban J connectivity index is 2.36. The maximum absolute atomic E-state index is 12.0. The molecule has 7 heteroatoms. The largest absolute Gasteiger partial charge is 0.423 e. The lowest BCUT2D eigenvalue weighted by atomic mass is 10.0. The van der Waals surface area contributed by atoms with Crippen LogP contribution in [0.5, 0.6) is 17.2 Å². The third-order valence-corrected chi connectivity index (χ3v) is 4.11. The van der Waals surface area contributed by atoms with Crippen molar-refractivity contribution in [3.63, 3.8) is 0 Å². The molecule has 0 radical (unpaired) electrons. The van der Waals surface area contributed by atoms with E-state index in [4.69, 9.17) is 14.2 Å². The molecule has 0 aliphatic carbocycles. The van der Waals surface area contributed by atoms with Gasteiger partial charge in [0.1, 0.15) is 5.75 Å². The number of carbonyl (C=O) groups is 3. The molecule has 30 heavy (non-hydrogen) atoms. The predicted molar refractivity (Wildman–Crippen MR) is 122 cm³/mol. The minimum Gasteiger partial charge on any atom is -0.423 e. The van der Waals surface area contributed by atoms with Gasteiger partial charge in [0, 0.05) is 11.1 Å². The molecule has 0 aliphatic rings. The Kier molecular flexibility index (Phi) is 7.71. The fourth-order valence-electron chi connectivity index (χ4n) is 2.10. The molecule has 0 amide bonds. The molecule has 0 saturated carbocycles. The Bertz CT molecular complexity index is 1050. The summed E-state index contributed by atoms with van der Waals surface area (Å²) in [4.78, 5) is 35.5. The number of hydrogen-bond acceptors (Lipinski definition) is 6. The summed E-state index contributed by atoms with van der Waals surface area (Å²) in [5, 5.41) is 0. The van der Waals surface area contributed by atoms with Gasteiger partial charge in [-0.2, -0.15) is 0 Å². The average Bonchev–Trinajstić information content (AvgIpc) is 2.69. The minimum atomic E-state index is -0.652. The monoisotopic (exact) mass is 518 g/mol.